The van der Waals surface area contributed by atoms with Crippen LogP contribution in [0.15, 0.2) is 48.5 Å². The number of rotatable bonds is 14. The van der Waals surface area contributed by atoms with Crippen molar-refractivity contribution in [3.05, 3.63) is 48.5 Å². The molecular weight excluding hydrogens is 376 g/mol. The molecule has 2 aromatic rings. The molecule has 0 spiro atoms. The van der Waals surface area contributed by atoms with Gasteiger partial charge >= 0.3 is 0 Å². The Morgan fingerprint density at radius 1 is 0.833 bits per heavy atom. The first-order valence-electron chi connectivity index (χ1n) is 11.1. The number of carbonyl (C=O) groups is 1. The molecule has 0 aliphatic carbocycles. The molecule has 0 fully saturated rings. The fraction of sp³-hybridized carbons (Fsp3) is 0.480. The predicted molar refractivity (Wildman–Crippen MR) is 125 cm³/mol. The molecule has 5 nitrogen and oxygen atoms in total. The van der Waals surface area contributed by atoms with Crippen molar-refractivity contribution >= 4 is 17.3 Å². The Morgan fingerprint density at radius 2 is 1.43 bits per heavy atom. The molecule has 164 valence electrons. The zero-order valence-electron chi connectivity index (χ0n) is 18.6. The lowest BCUT2D eigenvalue weighted by Gasteiger charge is -2.11. The SMILES string of the molecule is CCCCCCOc1ccc(NC(=O)CNc2ccc(OCCC(C)C)cc2)cc1. The van der Waals surface area contributed by atoms with E-state index in [0.717, 1.165) is 48.9 Å². The molecular formula is C25H36N2O3. The van der Waals surface area contributed by atoms with Crippen LogP contribution in [0, 0.1) is 5.92 Å². The van der Waals surface area contributed by atoms with Crippen LogP contribution >= 0.6 is 0 Å². The Bertz CT molecular complexity index is 727. The maximum Gasteiger partial charge on any atom is 0.243 e. The lowest BCUT2D eigenvalue weighted by Crippen LogP contribution is -2.21. The lowest BCUT2D eigenvalue weighted by atomic mass is 10.1. The second-order valence-electron chi connectivity index (χ2n) is 7.89. The van der Waals surface area contributed by atoms with Gasteiger partial charge in [-0.25, -0.2) is 0 Å². The average molecular weight is 413 g/mol. The van der Waals surface area contributed by atoms with Crippen LogP contribution in [-0.2, 0) is 4.79 Å². The maximum atomic E-state index is 12.2. The highest BCUT2D eigenvalue weighted by atomic mass is 16.5. The number of unbranched alkanes of at least 4 members (excludes halogenated alkanes) is 3. The third-order valence-electron chi connectivity index (χ3n) is 4.68. The molecule has 30 heavy (non-hydrogen) atoms. The van der Waals surface area contributed by atoms with Crippen molar-refractivity contribution in [1.29, 1.82) is 0 Å². The molecule has 5 heteroatoms. The van der Waals surface area contributed by atoms with Crippen molar-refractivity contribution < 1.29 is 14.3 Å². The van der Waals surface area contributed by atoms with Gasteiger partial charge in [-0.2, -0.15) is 0 Å². The Balaban J connectivity index is 1.67. The molecule has 0 heterocycles. The lowest BCUT2D eigenvalue weighted by molar-refractivity contribution is -0.114. The average Bonchev–Trinajstić information content (AvgIpc) is 2.74. The van der Waals surface area contributed by atoms with Crippen molar-refractivity contribution in [2.24, 2.45) is 5.92 Å². The number of anilines is 2. The first-order valence-corrected chi connectivity index (χ1v) is 11.1. The highest BCUT2D eigenvalue weighted by molar-refractivity contribution is 5.93. The highest BCUT2D eigenvalue weighted by Gasteiger charge is 2.04. The number of carbonyl (C=O) groups excluding carboxylic acids is 1. The summed E-state index contributed by atoms with van der Waals surface area (Å²) in [4.78, 5) is 12.2. The number of ether oxygens (including phenoxy) is 2. The quantitative estimate of drug-likeness (QED) is 0.367. The molecule has 1 amide bonds. The number of hydrogen-bond acceptors (Lipinski definition) is 4. The van der Waals surface area contributed by atoms with Crippen molar-refractivity contribution in [1.82, 2.24) is 0 Å². The van der Waals surface area contributed by atoms with Crippen LogP contribution < -0.4 is 20.1 Å². The van der Waals surface area contributed by atoms with Gasteiger partial charge in [-0.3, -0.25) is 4.79 Å². The fourth-order valence-electron chi connectivity index (χ4n) is 2.82. The third kappa shape index (κ3) is 9.68. The van der Waals surface area contributed by atoms with Crippen LogP contribution in [0.5, 0.6) is 11.5 Å². The molecule has 0 saturated carbocycles. The van der Waals surface area contributed by atoms with Crippen LogP contribution in [0.4, 0.5) is 11.4 Å². The van der Waals surface area contributed by atoms with Crippen molar-refractivity contribution in [3.63, 3.8) is 0 Å². The second kappa shape index (κ2) is 13.5. The summed E-state index contributed by atoms with van der Waals surface area (Å²) in [6.07, 6.45) is 5.78. The number of nitrogens with one attached hydrogen (secondary N) is 2. The molecule has 0 atom stereocenters. The van der Waals surface area contributed by atoms with Crippen molar-refractivity contribution in [3.8, 4) is 11.5 Å². The predicted octanol–water partition coefficient (Wildman–Crippen LogP) is 6.12. The number of benzene rings is 2. The summed E-state index contributed by atoms with van der Waals surface area (Å²) >= 11 is 0. The van der Waals surface area contributed by atoms with E-state index < -0.39 is 0 Å². The summed E-state index contributed by atoms with van der Waals surface area (Å²) in [6.45, 7) is 8.21. The molecule has 0 bridgehead atoms. The summed E-state index contributed by atoms with van der Waals surface area (Å²) in [6, 6.07) is 15.2. The van der Waals surface area contributed by atoms with E-state index in [9.17, 15) is 4.79 Å². The van der Waals surface area contributed by atoms with E-state index in [-0.39, 0.29) is 12.5 Å². The van der Waals surface area contributed by atoms with Gasteiger partial charge in [0.05, 0.1) is 19.8 Å². The molecule has 2 N–H and O–H groups in total. The molecule has 2 aromatic carbocycles. The van der Waals surface area contributed by atoms with Crippen LogP contribution in [0.25, 0.3) is 0 Å². The smallest absolute Gasteiger partial charge is 0.243 e. The molecule has 0 aromatic heterocycles. The zero-order valence-corrected chi connectivity index (χ0v) is 18.6. The van der Waals surface area contributed by atoms with Crippen LogP contribution in [0.3, 0.4) is 0 Å². The van der Waals surface area contributed by atoms with Gasteiger partial charge in [0.25, 0.3) is 0 Å². The van der Waals surface area contributed by atoms with Crippen LogP contribution in [0.1, 0.15) is 52.9 Å². The molecule has 0 saturated heterocycles. The fourth-order valence-corrected chi connectivity index (χ4v) is 2.82. The van der Waals surface area contributed by atoms with Crippen LogP contribution in [-0.4, -0.2) is 25.7 Å². The van der Waals surface area contributed by atoms with Crippen molar-refractivity contribution in [2.75, 3.05) is 30.4 Å². The number of hydrogen-bond donors (Lipinski definition) is 2. The molecule has 2 rings (SSSR count). The topological polar surface area (TPSA) is 59.6 Å². The summed E-state index contributed by atoms with van der Waals surface area (Å²) < 4.78 is 11.4. The molecule has 0 aliphatic rings. The normalized spacial score (nSPS) is 10.7. The first kappa shape index (κ1) is 23.6. The summed E-state index contributed by atoms with van der Waals surface area (Å²) in [5, 5.41) is 6.02. The van der Waals surface area contributed by atoms with Gasteiger partial charge in [0.2, 0.25) is 5.91 Å². The highest BCUT2D eigenvalue weighted by Crippen LogP contribution is 2.18. The van der Waals surface area contributed by atoms with Gasteiger partial charge in [-0.15, -0.1) is 0 Å². The first-order chi connectivity index (χ1) is 14.6. The summed E-state index contributed by atoms with van der Waals surface area (Å²) in [7, 11) is 0. The van der Waals surface area contributed by atoms with Gasteiger partial charge in [-0.05, 0) is 67.3 Å². The zero-order chi connectivity index (χ0) is 21.6. The minimum Gasteiger partial charge on any atom is -0.494 e. The molecule has 0 radical (unpaired) electrons. The van der Waals surface area contributed by atoms with Gasteiger partial charge in [0.15, 0.2) is 0 Å². The van der Waals surface area contributed by atoms with Crippen LogP contribution in [0.2, 0.25) is 0 Å². The minimum atomic E-state index is -0.0968. The molecule has 0 unspecified atom stereocenters. The standard InChI is InChI=1S/C25H36N2O3/c1-4-5-6-7-17-29-23-14-10-22(11-15-23)27-25(28)19-26-21-8-12-24(13-9-21)30-18-16-20(2)3/h8-15,20,26H,4-7,16-19H2,1-3H3,(H,27,28). The monoisotopic (exact) mass is 412 g/mol. The Labute approximate surface area is 181 Å². The maximum absolute atomic E-state index is 12.2. The van der Waals surface area contributed by atoms with E-state index in [1.54, 1.807) is 0 Å². The minimum absolute atomic E-state index is 0.0968. The Kier molecular flexibility index (Phi) is 10.6. The summed E-state index contributed by atoms with van der Waals surface area (Å²) in [5.41, 5.74) is 1.64. The largest absolute Gasteiger partial charge is 0.494 e. The molecule has 0 aliphatic heterocycles. The van der Waals surface area contributed by atoms with Gasteiger partial charge in [0.1, 0.15) is 11.5 Å². The van der Waals surface area contributed by atoms with Gasteiger partial charge in [-0.1, -0.05) is 40.0 Å². The Morgan fingerprint density at radius 3 is 2.03 bits per heavy atom. The van der Waals surface area contributed by atoms with E-state index in [4.69, 9.17) is 9.47 Å². The van der Waals surface area contributed by atoms with E-state index in [1.807, 2.05) is 48.5 Å². The van der Waals surface area contributed by atoms with E-state index in [0.29, 0.717) is 5.92 Å². The third-order valence-corrected chi connectivity index (χ3v) is 4.68. The van der Waals surface area contributed by atoms with Gasteiger partial charge < -0.3 is 20.1 Å². The Hall–Kier alpha value is -2.69. The van der Waals surface area contributed by atoms with Crippen molar-refractivity contribution in [2.45, 2.75) is 52.9 Å². The van der Waals surface area contributed by atoms with Gasteiger partial charge in [0, 0.05) is 11.4 Å². The van der Waals surface area contributed by atoms with E-state index in [1.165, 1.54) is 19.3 Å². The van der Waals surface area contributed by atoms with E-state index in [2.05, 4.69) is 31.4 Å². The second-order valence-corrected chi connectivity index (χ2v) is 7.89. The number of amides is 1. The summed E-state index contributed by atoms with van der Waals surface area (Å²) in [5.74, 6) is 2.21. The van der Waals surface area contributed by atoms with E-state index >= 15 is 0 Å².